The Bertz CT molecular complexity index is 956. The molecule has 1 atom stereocenters. The minimum Gasteiger partial charge on any atom is -0.385 e. The van der Waals surface area contributed by atoms with Crippen LogP contribution in [-0.2, 0) is 11.2 Å². The molecule has 0 amide bonds. The van der Waals surface area contributed by atoms with E-state index in [9.17, 15) is 13.2 Å². The van der Waals surface area contributed by atoms with Crippen LogP contribution in [0.3, 0.4) is 0 Å². The Hall–Kier alpha value is -1.59. The number of para-hydroxylation sites is 2. The lowest BCUT2D eigenvalue weighted by atomic mass is 10.1. The average Bonchev–Trinajstić information content (AvgIpc) is 3.06. The number of hydrogen-bond donors (Lipinski definition) is 1. The number of hydrogen-bond acceptors (Lipinski definition) is 7. The van der Waals surface area contributed by atoms with Crippen LogP contribution >= 0.6 is 36.2 Å². The van der Waals surface area contributed by atoms with Gasteiger partial charge in [0.25, 0.3) is 0 Å². The van der Waals surface area contributed by atoms with E-state index in [1.807, 2.05) is 24.3 Å². The van der Waals surface area contributed by atoms with Crippen molar-refractivity contribution in [1.29, 1.82) is 0 Å². The minimum atomic E-state index is -4.20. The molecule has 33 heavy (non-hydrogen) atoms. The molecular weight excluding hydrogens is 498 g/mol. The average molecular weight is 526 g/mol. The zero-order valence-corrected chi connectivity index (χ0v) is 20.8. The van der Waals surface area contributed by atoms with Crippen molar-refractivity contribution < 1.29 is 17.9 Å². The number of ether oxygens (including phenoxy) is 1. The van der Waals surface area contributed by atoms with E-state index in [0.717, 1.165) is 48.3 Å². The molecule has 1 fully saturated rings. The predicted octanol–water partition coefficient (Wildman–Crippen LogP) is 5.27. The van der Waals surface area contributed by atoms with Crippen molar-refractivity contribution in [2.45, 2.75) is 31.5 Å². The number of aromatic nitrogens is 1. The fourth-order valence-corrected chi connectivity index (χ4v) is 4.82. The maximum atomic E-state index is 12.8. The van der Waals surface area contributed by atoms with E-state index in [0.29, 0.717) is 23.4 Å². The molecule has 12 heteroatoms. The van der Waals surface area contributed by atoms with Crippen LogP contribution in [0.2, 0.25) is 0 Å². The van der Waals surface area contributed by atoms with Gasteiger partial charge < -0.3 is 15.0 Å². The first kappa shape index (κ1) is 27.7. The lowest BCUT2D eigenvalue weighted by Gasteiger charge is -2.40. The summed E-state index contributed by atoms with van der Waals surface area (Å²) in [5.74, 6) is 0.720. The van der Waals surface area contributed by atoms with Gasteiger partial charge in [0.15, 0.2) is 5.84 Å². The second-order valence-electron chi connectivity index (χ2n) is 7.84. The molecule has 0 spiro atoms. The molecular formula is C21H28Cl2F3N5OS. The first-order valence-corrected chi connectivity index (χ1v) is 11.1. The largest absolute Gasteiger partial charge is 0.389 e. The first-order valence-electron chi connectivity index (χ1n) is 10.3. The third-order valence-corrected chi connectivity index (χ3v) is 6.65. The van der Waals surface area contributed by atoms with E-state index in [4.69, 9.17) is 9.73 Å². The van der Waals surface area contributed by atoms with E-state index >= 15 is 0 Å². The smallest absolute Gasteiger partial charge is 0.385 e. The third kappa shape index (κ3) is 6.73. The number of likely N-dealkylation sites (N-methyl/N-ethyl adjacent to an activating group) is 1. The van der Waals surface area contributed by atoms with Crippen LogP contribution in [0.1, 0.15) is 23.5 Å². The van der Waals surface area contributed by atoms with Gasteiger partial charge in [0, 0.05) is 52.2 Å². The number of thiazole rings is 1. The number of anilines is 2. The summed E-state index contributed by atoms with van der Waals surface area (Å²) in [6, 6.07) is 7.99. The monoisotopic (exact) mass is 525 g/mol. The van der Waals surface area contributed by atoms with Gasteiger partial charge in [0.1, 0.15) is 10.7 Å². The molecule has 0 saturated carbocycles. The number of alkyl halides is 3. The second kappa shape index (κ2) is 11.7. The van der Waals surface area contributed by atoms with Crippen molar-refractivity contribution in [3.63, 3.8) is 0 Å². The van der Waals surface area contributed by atoms with Gasteiger partial charge in [-0.2, -0.15) is 13.2 Å². The molecule has 1 aromatic carbocycles. The fraction of sp³-hybridized carbons (Fsp3) is 0.524. The second-order valence-corrected chi connectivity index (χ2v) is 8.92. The van der Waals surface area contributed by atoms with E-state index in [1.54, 1.807) is 7.11 Å². The van der Waals surface area contributed by atoms with Gasteiger partial charge in [0.2, 0.25) is 0 Å². The highest BCUT2D eigenvalue weighted by Crippen LogP contribution is 2.38. The normalized spacial score (nSPS) is 18.2. The van der Waals surface area contributed by atoms with Crippen molar-refractivity contribution in [3.05, 3.63) is 35.0 Å². The van der Waals surface area contributed by atoms with Crippen molar-refractivity contribution in [1.82, 2.24) is 14.8 Å². The van der Waals surface area contributed by atoms with Gasteiger partial charge >= 0.3 is 6.18 Å². The van der Waals surface area contributed by atoms with Crippen LogP contribution in [0.25, 0.3) is 0 Å². The predicted molar refractivity (Wildman–Crippen MR) is 131 cm³/mol. The van der Waals surface area contributed by atoms with E-state index < -0.39 is 12.6 Å². The number of aliphatic imine (C=N–C) groups is 1. The van der Waals surface area contributed by atoms with Gasteiger partial charge in [-0.15, -0.1) is 36.2 Å². The Balaban J connectivity index is 0.00000193. The van der Waals surface area contributed by atoms with E-state index in [1.165, 1.54) is 11.3 Å². The summed E-state index contributed by atoms with van der Waals surface area (Å²) >= 11 is 1.28. The van der Waals surface area contributed by atoms with Crippen molar-refractivity contribution in [2.75, 3.05) is 45.7 Å². The Morgan fingerprint density at radius 2 is 1.97 bits per heavy atom. The molecule has 2 aliphatic rings. The van der Waals surface area contributed by atoms with Gasteiger partial charge in [-0.25, -0.2) is 9.98 Å². The summed E-state index contributed by atoms with van der Waals surface area (Å²) in [7, 11) is 3.80. The number of piperazine rings is 1. The summed E-state index contributed by atoms with van der Waals surface area (Å²) in [6.45, 7) is 3.07. The van der Waals surface area contributed by atoms with Crippen molar-refractivity contribution in [3.8, 4) is 0 Å². The molecule has 0 radical (unpaired) electrons. The first-order chi connectivity index (χ1) is 14.8. The maximum absolute atomic E-state index is 12.8. The van der Waals surface area contributed by atoms with Crippen LogP contribution in [0.5, 0.6) is 0 Å². The summed E-state index contributed by atoms with van der Waals surface area (Å²) < 4.78 is 43.5. The quantitative estimate of drug-likeness (QED) is 0.576. The van der Waals surface area contributed by atoms with Crippen LogP contribution in [-0.4, -0.2) is 73.2 Å². The molecule has 0 aliphatic carbocycles. The van der Waals surface area contributed by atoms with E-state index in [-0.39, 0.29) is 31.2 Å². The number of nitrogens with one attached hydrogen (secondary N) is 1. The SMILES string of the molecule is COCC[C@H]1CN(C2=Nc3ccccc3Nc3sc(CCC(F)(F)F)nc32)CCN1C.Cl.Cl. The summed E-state index contributed by atoms with van der Waals surface area (Å²) in [6.07, 6.45) is -4.31. The van der Waals surface area contributed by atoms with Crippen LogP contribution in [0, 0.1) is 0 Å². The minimum absolute atomic E-state index is 0. The fourth-order valence-electron chi connectivity index (χ4n) is 3.85. The number of rotatable bonds is 5. The van der Waals surface area contributed by atoms with Crippen LogP contribution in [0.15, 0.2) is 29.3 Å². The number of halogens is 5. The molecule has 2 aliphatic heterocycles. The molecule has 1 aromatic heterocycles. The highest BCUT2D eigenvalue weighted by molar-refractivity contribution is 7.16. The molecule has 4 rings (SSSR count). The molecule has 1 saturated heterocycles. The zero-order chi connectivity index (χ0) is 22.0. The van der Waals surface area contributed by atoms with Gasteiger partial charge in [-0.1, -0.05) is 12.1 Å². The summed E-state index contributed by atoms with van der Waals surface area (Å²) in [4.78, 5) is 14.0. The molecule has 2 aromatic rings. The zero-order valence-electron chi connectivity index (χ0n) is 18.4. The Morgan fingerprint density at radius 3 is 2.70 bits per heavy atom. The molecule has 3 heterocycles. The lowest BCUT2D eigenvalue weighted by molar-refractivity contribution is -0.134. The molecule has 0 bridgehead atoms. The molecule has 6 nitrogen and oxygen atoms in total. The Labute approximate surface area is 208 Å². The van der Waals surface area contributed by atoms with E-state index in [2.05, 4.69) is 27.1 Å². The number of nitrogens with zero attached hydrogens (tertiary/aromatic N) is 4. The number of aryl methyl sites for hydroxylation is 1. The highest BCUT2D eigenvalue weighted by atomic mass is 35.5. The third-order valence-electron chi connectivity index (χ3n) is 5.62. The summed E-state index contributed by atoms with van der Waals surface area (Å²) in [5, 5.41) is 4.56. The standard InChI is InChI=1S/C21H26F3N5OS.2ClH/c1-28-10-11-29(13-14(28)8-12-30-2)19-18-20(26-16-6-4-3-5-15(16)25-19)31-17(27-18)7-9-21(22,23)24;;/h3-6,14,26H,7-13H2,1-2H3;2*1H/t14-;;/m0../s1. The highest BCUT2D eigenvalue weighted by Gasteiger charge is 2.32. The molecule has 1 N–H and O–H groups in total. The number of methoxy groups -OCH3 is 1. The van der Waals surface area contributed by atoms with Crippen molar-refractivity contribution in [2.24, 2.45) is 4.99 Å². The number of amidine groups is 1. The van der Waals surface area contributed by atoms with Crippen LogP contribution < -0.4 is 5.32 Å². The number of benzene rings is 1. The molecule has 184 valence electrons. The molecule has 0 unspecified atom stereocenters. The number of fused-ring (bicyclic) bond motifs is 2. The Morgan fingerprint density at radius 1 is 1.21 bits per heavy atom. The van der Waals surface area contributed by atoms with Gasteiger partial charge in [-0.05, 0) is 25.6 Å². The Kier molecular flexibility index (Phi) is 9.81. The summed E-state index contributed by atoms with van der Waals surface area (Å²) in [5.41, 5.74) is 2.26. The van der Waals surface area contributed by atoms with Crippen LogP contribution in [0.4, 0.5) is 29.5 Å². The van der Waals surface area contributed by atoms with Crippen molar-refractivity contribution >= 4 is 58.4 Å². The lowest BCUT2D eigenvalue weighted by Crippen LogP contribution is -2.53. The van der Waals surface area contributed by atoms with Gasteiger partial charge in [-0.3, -0.25) is 4.90 Å². The maximum Gasteiger partial charge on any atom is 0.389 e. The topological polar surface area (TPSA) is 53.0 Å². The van der Waals surface area contributed by atoms with Gasteiger partial charge in [0.05, 0.1) is 16.4 Å².